The number of rotatable bonds is 4. The van der Waals surface area contributed by atoms with Gasteiger partial charge >= 0.3 is 0 Å². The number of hydrogen-bond acceptors (Lipinski definition) is 4. The van der Waals surface area contributed by atoms with Gasteiger partial charge in [0.1, 0.15) is 5.82 Å². The Morgan fingerprint density at radius 2 is 2.21 bits per heavy atom. The van der Waals surface area contributed by atoms with E-state index in [0.717, 1.165) is 16.8 Å². The molecule has 1 rings (SSSR count). The molecule has 0 saturated carbocycles. The van der Waals surface area contributed by atoms with Crippen LogP contribution in [0.5, 0.6) is 0 Å². The van der Waals surface area contributed by atoms with Gasteiger partial charge in [-0.25, -0.2) is 4.98 Å². The zero-order chi connectivity index (χ0) is 10.6. The molecule has 0 aromatic carbocycles. The van der Waals surface area contributed by atoms with E-state index in [1.807, 2.05) is 0 Å². The van der Waals surface area contributed by atoms with Gasteiger partial charge in [0.25, 0.3) is 0 Å². The van der Waals surface area contributed by atoms with Crippen molar-refractivity contribution in [3.8, 4) is 0 Å². The van der Waals surface area contributed by atoms with E-state index in [1.54, 1.807) is 13.2 Å². The molecule has 1 aromatic rings. The lowest BCUT2D eigenvalue weighted by molar-refractivity contribution is 0.686. The molecule has 0 fully saturated rings. The van der Waals surface area contributed by atoms with Gasteiger partial charge < -0.3 is 10.6 Å². The summed E-state index contributed by atoms with van der Waals surface area (Å²) < 4.78 is 0.886. The van der Waals surface area contributed by atoms with Gasteiger partial charge in [0.15, 0.2) is 0 Å². The lowest BCUT2D eigenvalue weighted by Crippen LogP contribution is -2.10. The average molecular weight is 259 g/mol. The topological polar surface area (TPSA) is 49.8 Å². The Balaban J connectivity index is 2.73. The Labute approximate surface area is 92.7 Å². The molecular weight excluding hydrogens is 244 g/mol. The van der Waals surface area contributed by atoms with Gasteiger partial charge in [-0.3, -0.25) is 0 Å². The zero-order valence-corrected chi connectivity index (χ0v) is 10.2. The first-order valence-electron chi connectivity index (χ1n) is 4.57. The molecule has 0 radical (unpaired) electrons. The van der Waals surface area contributed by atoms with Crippen LogP contribution in [0.25, 0.3) is 0 Å². The van der Waals surface area contributed by atoms with Crippen LogP contribution in [-0.2, 0) is 0 Å². The summed E-state index contributed by atoms with van der Waals surface area (Å²) in [6, 6.07) is 0. The maximum atomic E-state index is 4.28. The molecule has 0 aliphatic carbocycles. The molecule has 0 aliphatic heterocycles. The predicted molar refractivity (Wildman–Crippen MR) is 62.6 cm³/mol. The molecule has 4 nitrogen and oxygen atoms in total. The maximum Gasteiger partial charge on any atom is 0.224 e. The Bertz CT molecular complexity index is 301. The van der Waals surface area contributed by atoms with Crippen LogP contribution in [0.15, 0.2) is 10.7 Å². The Hall–Kier alpha value is -0.840. The minimum Gasteiger partial charge on any atom is -0.369 e. The molecule has 0 amide bonds. The normalized spacial score (nSPS) is 10.4. The third-order valence-corrected chi connectivity index (χ3v) is 2.23. The standard InChI is InChI=1S/C9H15BrN4/c1-6(2)4-12-8-7(10)5-13-9(11-3)14-8/h5-6H,4H2,1-3H3,(H2,11,12,13,14). The Morgan fingerprint density at radius 1 is 1.50 bits per heavy atom. The lowest BCUT2D eigenvalue weighted by atomic mass is 10.2. The summed E-state index contributed by atoms with van der Waals surface area (Å²) in [4.78, 5) is 8.36. The second-order valence-corrected chi connectivity index (χ2v) is 4.27. The molecule has 0 aliphatic rings. The van der Waals surface area contributed by atoms with E-state index in [0.29, 0.717) is 11.9 Å². The summed E-state index contributed by atoms with van der Waals surface area (Å²) in [5.74, 6) is 2.05. The van der Waals surface area contributed by atoms with Crippen LogP contribution in [0, 0.1) is 5.92 Å². The van der Waals surface area contributed by atoms with Crippen LogP contribution in [0.4, 0.5) is 11.8 Å². The number of nitrogens with zero attached hydrogens (tertiary/aromatic N) is 2. The quantitative estimate of drug-likeness (QED) is 0.871. The summed E-state index contributed by atoms with van der Waals surface area (Å²) in [5, 5.41) is 6.15. The van der Waals surface area contributed by atoms with Gasteiger partial charge in [0.05, 0.1) is 4.47 Å². The van der Waals surface area contributed by atoms with Crippen molar-refractivity contribution in [1.82, 2.24) is 9.97 Å². The fourth-order valence-electron chi connectivity index (χ4n) is 0.912. The molecule has 0 saturated heterocycles. The molecule has 0 unspecified atom stereocenters. The molecule has 0 spiro atoms. The molecule has 2 N–H and O–H groups in total. The monoisotopic (exact) mass is 258 g/mol. The minimum absolute atomic E-state index is 0.593. The fraction of sp³-hybridized carbons (Fsp3) is 0.556. The number of nitrogens with one attached hydrogen (secondary N) is 2. The van der Waals surface area contributed by atoms with E-state index in [9.17, 15) is 0 Å². The summed E-state index contributed by atoms with van der Waals surface area (Å²) in [7, 11) is 1.80. The number of aromatic nitrogens is 2. The molecule has 14 heavy (non-hydrogen) atoms. The van der Waals surface area contributed by atoms with Gasteiger partial charge in [-0.05, 0) is 21.8 Å². The molecular formula is C9H15BrN4. The summed E-state index contributed by atoms with van der Waals surface area (Å²) in [6.45, 7) is 5.21. The second-order valence-electron chi connectivity index (χ2n) is 3.41. The molecule has 0 atom stereocenters. The smallest absolute Gasteiger partial charge is 0.224 e. The Morgan fingerprint density at radius 3 is 2.79 bits per heavy atom. The van der Waals surface area contributed by atoms with Crippen LogP contribution in [0.3, 0.4) is 0 Å². The average Bonchev–Trinajstić information content (AvgIpc) is 2.16. The highest BCUT2D eigenvalue weighted by molar-refractivity contribution is 9.10. The van der Waals surface area contributed by atoms with Crippen LogP contribution >= 0.6 is 15.9 Å². The van der Waals surface area contributed by atoms with E-state index < -0.39 is 0 Å². The van der Waals surface area contributed by atoms with E-state index in [-0.39, 0.29) is 0 Å². The van der Waals surface area contributed by atoms with E-state index in [2.05, 4.69) is 50.4 Å². The van der Waals surface area contributed by atoms with Gasteiger partial charge in [0.2, 0.25) is 5.95 Å². The van der Waals surface area contributed by atoms with Crippen LogP contribution in [0.1, 0.15) is 13.8 Å². The van der Waals surface area contributed by atoms with E-state index >= 15 is 0 Å². The minimum atomic E-state index is 0.593. The largest absolute Gasteiger partial charge is 0.369 e. The van der Waals surface area contributed by atoms with E-state index in [1.165, 1.54) is 0 Å². The van der Waals surface area contributed by atoms with Gasteiger partial charge in [0, 0.05) is 19.8 Å². The van der Waals surface area contributed by atoms with Crippen molar-refractivity contribution in [2.75, 3.05) is 24.2 Å². The zero-order valence-electron chi connectivity index (χ0n) is 8.63. The van der Waals surface area contributed by atoms with Crippen LogP contribution < -0.4 is 10.6 Å². The van der Waals surface area contributed by atoms with Gasteiger partial charge in [-0.2, -0.15) is 4.98 Å². The first-order valence-corrected chi connectivity index (χ1v) is 5.37. The molecule has 1 aromatic heterocycles. The van der Waals surface area contributed by atoms with Gasteiger partial charge in [-0.1, -0.05) is 13.8 Å². The van der Waals surface area contributed by atoms with Gasteiger partial charge in [-0.15, -0.1) is 0 Å². The van der Waals surface area contributed by atoms with Crippen molar-refractivity contribution >= 4 is 27.7 Å². The van der Waals surface area contributed by atoms with Crippen molar-refractivity contribution in [3.05, 3.63) is 10.7 Å². The molecule has 1 heterocycles. The second kappa shape index (κ2) is 5.14. The van der Waals surface area contributed by atoms with Crippen molar-refractivity contribution in [2.45, 2.75) is 13.8 Å². The predicted octanol–water partition coefficient (Wildman–Crippen LogP) is 2.35. The third-order valence-electron chi connectivity index (χ3n) is 1.65. The van der Waals surface area contributed by atoms with Crippen LogP contribution in [-0.4, -0.2) is 23.6 Å². The van der Waals surface area contributed by atoms with E-state index in [4.69, 9.17) is 0 Å². The van der Waals surface area contributed by atoms with Crippen molar-refractivity contribution in [3.63, 3.8) is 0 Å². The first-order chi connectivity index (χ1) is 6.63. The highest BCUT2D eigenvalue weighted by Crippen LogP contribution is 2.19. The summed E-state index contributed by atoms with van der Waals surface area (Å²) >= 11 is 3.39. The highest BCUT2D eigenvalue weighted by Gasteiger charge is 2.03. The SMILES string of the molecule is CNc1ncc(Br)c(NCC(C)C)n1. The van der Waals surface area contributed by atoms with Crippen LogP contribution in [0.2, 0.25) is 0 Å². The molecule has 5 heteroatoms. The highest BCUT2D eigenvalue weighted by atomic mass is 79.9. The summed E-state index contributed by atoms with van der Waals surface area (Å²) in [6.07, 6.45) is 1.74. The maximum absolute atomic E-state index is 4.28. The molecule has 0 bridgehead atoms. The number of anilines is 2. The molecule has 78 valence electrons. The third kappa shape index (κ3) is 3.14. The number of hydrogen-bond donors (Lipinski definition) is 2. The van der Waals surface area contributed by atoms with Crippen molar-refractivity contribution in [2.24, 2.45) is 5.92 Å². The van der Waals surface area contributed by atoms with Crippen molar-refractivity contribution in [1.29, 1.82) is 0 Å². The lowest BCUT2D eigenvalue weighted by Gasteiger charge is -2.10. The van der Waals surface area contributed by atoms with Crippen molar-refractivity contribution < 1.29 is 0 Å². The first kappa shape index (κ1) is 11.2. The Kier molecular flexibility index (Phi) is 4.13. The number of halogens is 1. The summed E-state index contributed by atoms with van der Waals surface area (Å²) in [5.41, 5.74) is 0. The fourth-order valence-corrected chi connectivity index (χ4v) is 1.24.